The predicted octanol–water partition coefficient (Wildman–Crippen LogP) is 2.65. The Morgan fingerprint density at radius 1 is 1.39 bits per heavy atom. The van der Waals surface area contributed by atoms with E-state index in [9.17, 15) is 0 Å². The van der Waals surface area contributed by atoms with E-state index in [1.54, 1.807) is 0 Å². The molecule has 0 radical (unpaired) electrons. The third kappa shape index (κ3) is 2.10. The summed E-state index contributed by atoms with van der Waals surface area (Å²) in [5.41, 5.74) is 5.21. The number of nitrogens with zero attached hydrogens (tertiary/aromatic N) is 2. The molecular weight excluding hydrogens is 290 g/mol. The maximum Gasteiger partial charge on any atom is 0.0673 e. The molecule has 1 aromatic heterocycles. The Morgan fingerprint density at radius 3 is 3.06 bits per heavy atom. The molecule has 0 saturated heterocycles. The van der Waals surface area contributed by atoms with Gasteiger partial charge in [0.2, 0.25) is 0 Å². The Kier molecular flexibility index (Phi) is 3.22. The molecule has 2 heterocycles. The minimum absolute atomic E-state index is 0.845. The molecule has 94 valence electrons. The molecule has 3 rings (SSSR count). The number of fused-ring (bicyclic) bond motifs is 1. The number of aromatic nitrogens is 2. The van der Waals surface area contributed by atoms with Crippen molar-refractivity contribution >= 4 is 15.9 Å². The van der Waals surface area contributed by atoms with E-state index in [4.69, 9.17) is 0 Å². The van der Waals surface area contributed by atoms with E-state index >= 15 is 0 Å². The molecule has 0 saturated carbocycles. The van der Waals surface area contributed by atoms with Crippen LogP contribution in [0.2, 0.25) is 0 Å². The molecule has 1 N–H and O–H groups in total. The lowest BCUT2D eigenvalue weighted by atomic mass is 10.1. The van der Waals surface area contributed by atoms with E-state index in [1.807, 2.05) is 6.07 Å². The lowest BCUT2D eigenvalue weighted by Gasteiger charge is -2.15. The number of nitrogens with one attached hydrogen (secondary N) is 1. The summed E-state index contributed by atoms with van der Waals surface area (Å²) >= 11 is 3.60. The molecule has 1 aromatic carbocycles. The van der Waals surface area contributed by atoms with Crippen LogP contribution in [-0.4, -0.2) is 16.3 Å². The average molecular weight is 306 g/mol. The van der Waals surface area contributed by atoms with Gasteiger partial charge < -0.3 is 5.32 Å². The van der Waals surface area contributed by atoms with Crippen molar-refractivity contribution in [3.05, 3.63) is 51.3 Å². The SMILES string of the molecule is Cc1nn(Cc2ccccc2Br)c2c1CNCC2. The number of halogens is 1. The van der Waals surface area contributed by atoms with Gasteiger partial charge in [0, 0.05) is 35.2 Å². The van der Waals surface area contributed by atoms with Gasteiger partial charge in [-0.25, -0.2) is 0 Å². The van der Waals surface area contributed by atoms with Crippen LogP contribution in [0, 0.1) is 6.92 Å². The zero-order chi connectivity index (χ0) is 12.5. The van der Waals surface area contributed by atoms with Crippen LogP contribution in [0.4, 0.5) is 0 Å². The minimum atomic E-state index is 0.845. The second kappa shape index (κ2) is 4.86. The van der Waals surface area contributed by atoms with Gasteiger partial charge >= 0.3 is 0 Å². The molecule has 3 nitrogen and oxygen atoms in total. The molecule has 0 fully saturated rings. The second-order valence-electron chi connectivity index (χ2n) is 4.69. The number of hydrogen-bond acceptors (Lipinski definition) is 2. The Bertz CT molecular complexity index is 574. The first-order chi connectivity index (χ1) is 8.75. The highest BCUT2D eigenvalue weighted by Gasteiger charge is 2.18. The number of aryl methyl sites for hydroxylation is 1. The maximum absolute atomic E-state index is 4.68. The van der Waals surface area contributed by atoms with Crippen LogP contribution in [0.15, 0.2) is 28.7 Å². The first kappa shape index (κ1) is 11.9. The summed E-state index contributed by atoms with van der Waals surface area (Å²) in [6.07, 6.45) is 1.07. The van der Waals surface area contributed by atoms with Gasteiger partial charge in [0.15, 0.2) is 0 Å². The summed E-state index contributed by atoms with van der Waals surface area (Å²) in [5.74, 6) is 0. The third-order valence-electron chi connectivity index (χ3n) is 3.49. The quantitative estimate of drug-likeness (QED) is 0.924. The zero-order valence-electron chi connectivity index (χ0n) is 10.4. The van der Waals surface area contributed by atoms with Crippen molar-refractivity contribution in [3.63, 3.8) is 0 Å². The van der Waals surface area contributed by atoms with Gasteiger partial charge in [0.25, 0.3) is 0 Å². The molecule has 0 aliphatic carbocycles. The first-order valence-electron chi connectivity index (χ1n) is 6.25. The average Bonchev–Trinajstić information content (AvgIpc) is 2.70. The molecule has 0 bridgehead atoms. The number of hydrogen-bond donors (Lipinski definition) is 1. The lowest BCUT2D eigenvalue weighted by Crippen LogP contribution is -2.25. The summed E-state index contributed by atoms with van der Waals surface area (Å²) in [4.78, 5) is 0. The predicted molar refractivity (Wildman–Crippen MR) is 75.6 cm³/mol. The van der Waals surface area contributed by atoms with Crippen molar-refractivity contribution in [1.29, 1.82) is 0 Å². The Morgan fingerprint density at radius 2 is 2.22 bits per heavy atom. The molecule has 4 heteroatoms. The van der Waals surface area contributed by atoms with Crippen molar-refractivity contribution in [2.75, 3.05) is 6.54 Å². The fraction of sp³-hybridized carbons (Fsp3) is 0.357. The van der Waals surface area contributed by atoms with Crippen LogP contribution < -0.4 is 5.32 Å². The van der Waals surface area contributed by atoms with Crippen molar-refractivity contribution in [2.45, 2.75) is 26.4 Å². The summed E-state index contributed by atoms with van der Waals surface area (Å²) in [6, 6.07) is 8.35. The van der Waals surface area contributed by atoms with Crippen molar-refractivity contribution < 1.29 is 0 Å². The van der Waals surface area contributed by atoms with Crippen LogP contribution in [0.25, 0.3) is 0 Å². The Labute approximate surface area is 115 Å². The maximum atomic E-state index is 4.68. The molecule has 2 aromatic rings. The number of benzene rings is 1. The van der Waals surface area contributed by atoms with E-state index in [0.29, 0.717) is 0 Å². The molecule has 0 amide bonds. The Hall–Kier alpha value is -1.13. The molecule has 0 spiro atoms. The Balaban J connectivity index is 1.96. The van der Waals surface area contributed by atoms with E-state index < -0.39 is 0 Å². The highest BCUT2D eigenvalue weighted by atomic mass is 79.9. The highest BCUT2D eigenvalue weighted by Crippen LogP contribution is 2.21. The van der Waals surface area contributed by atoms with Crippen molar-refractivity contribution in [2.24, 2.45) is 0 Å². The second-order valence-corrected chi connectivity index (χ2v) is 5.54. The highest BCUT2D eigenvalue weighted by molar-refractivity contribution is 9.10. The van der Waals surface area contributed by atoms with Gasteiger partial charge in [-0.15, -0.1) is 0 Å². The van der Waals surface area contributed by atoms with Gasteiger partial charge in [-0.2, -0.15) is 5.10 Å². The third-order valence-corrected chi connectivity index (χ3v) is 4.26. The molecule has 18 heavy (non-hydrogen) atoms. The van der Waals surface area contributed by atoms with Crippen LogP contribution in [-0.2, 0) is 19.5 Å². The van der Waals surface area contributed by atoms with Crippen LogP contribution in [0.3, 0.4) is 0 Å². The van der Waals surface area contributed by atoms with Gasteiger partial charge in [0.05, 0.1) is 12.2 Å². The van der Waals surface area contributed by atoms with Gasteiger partial charge in [-0.1, -0.05) is 34.1 Å². The smallest absolute Gasteiger partial charge is 0.0673 e. The monoisotopic (exact) mass is 305 g/mol. The topological polar surface area (TPSA) is 29.9 Å². The van der Waals surface area contributed by atoms with E-state index in [2.05, 4.69) is 56.2 Å². The number of rotatable bonds is 2. The van der Waals surface area contributed by atoms with E-state index in [1.165, 1.54) is 16.8 Å². The van der Waals surface area contributed by atoms with E-state index in [0.717, 1.165) is 36.2 Å². The summed E-state index contributed by atoms with van der Waals surface area (Å²) in [7, 11) is 0. The standard InChI is InChI=1S/C14H16BrN3/c1-10-12-8-16-7-6-14(12)18(17-10)9-11-4-2-3-5-13(11)15/h2-5,16H,6-9H2,1H3. The molecule has 1 aliphatic rings. The van der Waals surface area contributed by atoms with Crippen LogP contribution in [0.5, 0.6) is 0 Å². The fourth-order valence-corrected chi connectivity index (χ4v) is 2.93. The lowest BCUT2D eigenvalue weighted by molar-refractivity contribution is 0.582. The first-order valence-corrected chi connectivity index (χ1v) is 7.04. The summed E-state index contributed by atoms with van der Waals surface area (Å²) in [6.45, 7) is 4.95. The van der Waals surface area contributed by atoms with E-state index in [-0.39, 0.29) is 0 Å². The van der Waals surface area contributed by atoms with Crippen LogP contribution in [0.1, 0.15) is 22.5 Å². The minimum Gasteiger partial charge on any atom is -0.312 e. The van der Waals surface area contributed by atoms with Crippen molar-refractivity contribution in [3.8, 4) is 0 Å². The van der Waals surface area contributed by atoms with Gasteiger partial charge in [-0.05, 0) is 18.6 Å². The zero-order valence-corrected chi connectivity index (χ0v) is 12.0. The van der Waals surface area contributed by atoms with Gasteiger partial charge in [0.1, 0.15) is 0 Å². The summed E-state index contributed by atoms with van der Waals surface area (Å²) < 4.78 is 3.31. The normalized spacial score (nSPS) is 14.6. The van der Waals surface area contributed by atoms with Crippen LogP contribution >= 0.6 is 15.9 Å². The van der Waals surface area contributed by atoms with Gasteiger partial charge in [-0.3, -0.25) is 4.68 Å². The fourth-order valence-electron chi connectivity index (χ4n) is 2.52. The van der Waals surface area contributed by atoms with Crippen molar-refractivity contribution in [1.82, 2.24) is 15.1 Å². The largest absolute Gasteiger partial charge is 0.312 e. The molecular formula is C14H16BrN3. The molecule has 0 atom stereocenters. The summed E-state index contributed by atoms with van der Waals surface area (Å²) in [5, 5.41) is 8.09. The molecule has 0 unspecified atom stereocenters. The molecule has 1 aliphatic heterocycles.